The smallest absolute Gasteiger partial charge is 0.0848 e. The lowest BCUT2D eigenvalue weighted by Gasteiger charge is -1.82. The van der Waals surface area contributed by atoms with Gasteiger partial charge in [0.1, 0.15) is 0 Å². The fraction of sp³-hybridized carbons (Fsp3) is 0.500. The Labute approximate surface area is 53.8 Å². The third kappa shape index (κ3) is 19.8. The Bertz CT molecular complexity index is 93.1. The number of hydrogen-bond donors (Lipinski definition) is 3. The van der Waals surface area contributed by atoms with Crippen LogP contribution in [0.15, 0.2) is 0 Å². The zero-order chi connectivity index (χ0) is 7.54. The second-order valence-corrected chi connectivity index (χ2v) is 0.920. The van der Waals surface area contributed by atoms with Gasteiger partial charge >= 0.3 is 0 Å². The lowest BCUT2D eigenvalue weighted by Crippen LogP contribution is -2.12. The van der Waals surface area contributed by atoms with Crippen molar-refractivity contribution in [3.8, 4) is 12.1 Å². The van der Waals surface area contributed by atoms with Gasteiger partial charge in [-0.3, -0.25) is 17.0 Å². The molecule has 0 aromatic heterocycles. The molecule has 0 aliphatic heterocycles. The van der Waals surface area contributed by atoms with Crippen LogP contribution in [0.3, 0.4) is 0 Å². The topological polar surface area (TPSA) is 112 Å². The fourth-order valence-electron chi connectivity index (χ4n) is 0.174. The van der Waals surface area contributed by atoms with Crippen molar-refractivity contribution in [2.75, 3.05) is 13.1 Å². The van der Waals surface area contributed by atoms with Gasteiger partial charge in [0.25, 0.3) is 0 Å². The monoisotopic (exact) mass is 127 g/mol. The molecular formula is C4H9N5. The van der Waals surface area contributed by atoms with Gasteiger partial charge in [-0.05, 0) is 0 Å². The maximum absolute atomic E-state index is 7.87. The minimum absolute atomic E-state index is 0.258. The van der Waals surface area contributed by atoms with Crippen LogP contribution in [0.25, 0.3) is 0 Å². The normalized spacial score (nSPS) is 5.78. The second kappa shape index (κ2) is 15.8. The highest BCUT2D eigenvalue weighted by Crippen LogP contribution is 1.50. The van der Waals surface area contributed by atoms with Gasteiger partial charge < -0.3 is 0 Å². The summed E-state index contributed by atoms with van der Waals surface area (Å²) in [6, 6.07) is 3.68. The maximum atomic E-state index is 7.87. The van der Waals surface area contributed by atoms with Crippen LogP contribution < -0.4 is 17.0 Å². The summed E-state index contributed by atoms with van der Waals surface area (Å²) in [7, 11) is 0. The molecule has 0 saturated carbocycles. The highest BCUT2D eigenvalue weighted by molar-refractivity contribution is 4.79. The van der Waals surface area contributed by atoms with Gasteiger partial charge in [-0.15, -0.1) is 0 Å². The molecule has 5 nitrogen and oxygen atoms in total. The number of nitrogens with zero attached hydrogens (tertiary/aromatic N) is 2. The lowest BCUT2D eigenvalue weighted by molar-refractivity contribution is 0.857. The van der Waals surface area contributed by atoms with Crippen LogP contribution in [0.2, 0.25) is 0 Å². The third-order valence-corrected chi connectivity index (χ3v) is 0.408. The molecular weight excluding hydrogens is 118 g/mol. The fourth-order valence-corrected chi connectivity index (χ4v) is 0.174. The van der Waals surface area contributed by atoms with E-state index in [1.54, 1.807) is 0 Å². The van der Waals surface area contributed by atoms with Crippen LogP contribution >= 0.6 is 0 Å². The first-order valence-electron chi connectivity index (χ1n) is 2.19. The van der Waals surface area contributed by atoms with Crippen molar-refractivity contribution >= 4 is 0 Å². The van der Waals surface area contributed by atoms with E-state index in [4.69, 9.17) is 10.5 Å². The molecule has 0 aliphatic carbocycles. The first-order chi connectivity index (χ1) is 4.41. The highest BCUT2D eigenvalue weighted by atomic mass is 15.0. The van der Waals surface area contributed by atoms with Crippen LogP contribution in [0.4, 0.5) is 0 Å². The second-order valence-electron chi connectivity index (χ2n) is 0.920. The van der Waals surface area contributed by atoms with Gasteiger partial charge in [0.2, 0.25) is 0 Å². The molecule has 0 saturated heterocycles. The minimum Gasteiger partial charge on any atom is -0.292 e. The predicted molar refractivity (Wildman–Crippen MR) is 32.5 cm³/mol. The van der Waals surface area contributed by atoms with Crippen molar-refractivity contribution in [3.63, 3.8) is 0 Å². The van der Waals surface area contributed by atoms with Crippen LogP contribution in [0, 0.1) is 22.7 Å². The summed E-state index contributed by atoms with van der Waals surface area (Å²) in [6.07, 6.45) is 0. The van der Waals surface area contributed by atoms with Crippen molar-refractivity contribution in [1.82, 2.24) is 5.32 Å². The zero-order valence-corrected chi connectivity index (χ0v) is 4.96. The van der Waals surface area contributed by atoms with Gasteiger partial charge in [0.05, 0.1) is 25.2 Å². The van der Waals surface area contributed by atoms with Crippen molar-refractivity contribution in [2.45, 2.75) is 0 Å². The molecule has 0 aliphatic rings. The van der Waals surface area contributed by atoms with Gasteiger partial charge in [-0.2, -0.15) is 10.5 Å². The van der Waals surface area contributed by atoms with Crippen molar-refractivity contribution in [1.29, 1.82) is 10.5 Å². The van der Waals surface area contributed by atoms with E-state index in [1.165, 1.54) is 0 Å². The van der Waals surface area contributed by atoms with Crippen LogP contribution in [0.5, 0.6) is 0 Å². The molecule has 50 valence electrons. The molecule has 0 aromatic carbocycles. The maximum Gasteiger partial charge on any atom is 0.0848 e. The largest absolute Gasteiger partial charge is 0.292 e. The molecule has 0 spiro atoms. The summed E-state index contributed by atoms with van der Waals surface area (Å²) >= 11 is 0. The van der Waals surface area contributed by atoms with Crippen molar-refractivity contribution < 1.29 is 0 Å². The van der Waals surface area contributed by atoms with E-state index in [1.807, 2.05) is 12.1 Å². The Morgan fingerprint density at radius 3 is 1.67 bits per heavy atom. The molecule has 0 atom stereocenters. The zero-order valence-electron chi connectivity index (χ0n) is 4.96. The Morgan fingerprint density at radius 2 is 1.44 bits per heavy atom. The molecule has 0 heterocycles. The molecule has 0 amide bonds. The summed E-state index contributed by atoms with van der Waals surface area (Å²) in [6.45, 7) is 0.515. The average Bonchev–Trinajstić information content (AvgIpc) is 1.94. The van der Waals surface area contributed by atoms with Crippen LogP contribution in [-0.2, 0) is 0 Å². The molecule has 5 N–H and O–H groups in total. The highest BCUT2D eigenvalue weighted by Gasteiger charge is 1.74. The standard InChI is InChI=1S/C4H5N3.H4N2/c5-1-3-7-4-2-6;1-2/h7H,3-4H2;1-2H2. The average molecular weight is 127 g/mol. The third-order valence-electron chi connectivity index (χ3n) is 0.408. The Hall–Kier alpha value is -1.14. The quantitative estimate of drug-likeness (QED) is 0.180. The Morgan fingerprint density at radius 1 is 1.11 bits per heavy atom. The van der Waals surface area contributed by atoms with Gasteiger partial charge in [-0.1, -0.05) is 0 Å². The Balaban J connectivity index is 0. The van der Waals surface area contributed by atoms with E-state index < -0.39 is 0 Å². The van der Waals surface area contributed by atoms with E-state index in [2.05, 4.69) is 17.0 Å². The van der Waals surface area contributed by atoms with E-state index in [0.717, 1.165) is 0 Å². The number of nitrogens with one attached hydrogen (secondary N) is 1. The Kier molecular flexibility index (Phi) is 18.9. The minimum atomic E-state index is 0.258. The van der Waals surface area contributed by atoms with Gasteiger partial charge in [0, 0.05) is 0 Å². The summed E-state index contributed by atoms with van der Waals surface area (Å²) in [5, 5.41) is 18.3. The number of nitrogens with two attached hydrogens (primary N) is 2. The predicted octanol–water partition coefficient (Wildman–Crippen LogP) is -1.56. The van der Waals surface area contributed by atoms with Crippen molar-refractivity contribution in [3.05, 3.63) is 0 Å². The molecule has 9 heavy (non-hydrogen) atoms. The van der Waals surface area contributed by atoms with Crippen LogP contribution in [-0.4, -0.2) is 13.1 Å². The van der Waals surface area contributed by atoms with Gasteiger partial charge in [0.15, 0.2) is 0 Å². The molecule has 0 unspecified atom stereocenters. The summed E-state index contributed by atoms with van der Waals surface area (Å²) in [5.41, 5.74) is 0. The van der Waals surface area contributed by atoms with Crippen molar-refractivity contribution in [2.24, 2.45) is 11.7 Å². The lowest BCUT2D eigenvalue weighted by atomic mass is 10.6. The van der Waals surface area contributed by atoms with E-state index >= 15 is 0 Å². The molecule has 0 aromatic rings. The molecule has 0 fully saturated rings. The van der Waals surface area contributed by atoms with Gasteiger partial charge in [-0.25, -0.2) is 0 Å². The summed E-state index contributed by atoms with van der Waals surface area (Å²) in [4.78, 5) is 0. The van der Waals surface area contributed by atoms with E-state index in [9.17, 15) is 0 Å². The number of hydrogen-bond acceptors (Lipinski definition) is 5. The first kappa shape index (κ1) is 10.8. The summed E-state index contributed by atoms with van der Waals surface area (Å²) < 4.78 is 0. The molecule has 0 bridgehead atoms. The van der Waals surface area contributed by atoms with E-state index in [0.29, 0.717) is 0 Å². The molecule has 5 heteroatoms. The molecule has 0 radical (unpaired) electrons. The summed E-state index contributed by atoms with van der Waals surface area (Å²) in [5.74, 6) is 8.00. The first-order valence-corrected chi connectivity index (χ1v) is 2.19. The van der Waals surface area contributed by atoms with Crippen LogP contribution in [0.1, 0.15) is 0 Å². The van der Waals surface area contributed by atoms with E-state index in [-0.39, 0.29) is 13.1 Å². The number of hydrazine groups is 1. The molecule has 0 rings (SSSR count). The SMILES string of the molecule is N#CCNCC#N.NN. The number of nitriles is 2. The number of rotatable bonds is 2.